The Morgan fingerprint density at radius 2 is 1.82 bits per heavy atom. The van der Waals surface area contributed by atoms with Crippen molar-refractivity contribution < 1.29 is 14.3 Å². The molecular weight excluding hydrogens is 414 g/mol. The number of carbonyl (C=O) groups is 1. The normalized spacial score (nSPS) is 22.7. The van der Waals surface area contributed by atoms with Gasteiger partial charge in [0.2, 0.25) is 0 Å². The summed E-state index contributed by atoms with van der Waals surface area (Å²) in [5.74, 6) is 2.16. The van der Waals surface area contributed by atoms with Crippen LogP contribution in [0.4, 0.5) is 5.69 Å². The van der Waals surface area contributed by atoms with Crippen LogP contribution in [0.15, 0.2) is 36.4 Å². The number of nitrogens with one attached hydrogen (secondary N) is 2. The van der Waals surface area contributed by atoms with Crippen LogP contribution in [-0.4, -0.2) is 44.8 Å². The molecule has 2 aromatic rings. The molecule has 2 bridgehead atoms. The lowest BCUT2D eigenvalue weighted by atomic mass is 10.0. The van der Waals surface area contributed by atoms with E-state index in [0.29, 0.717) is 18.0 Å². The van der Waals surface area contributed by atoms with Gasteiger partial charge in [-0.1, -0.05) is 6.07 Å². The second-order valence-electron chi connectivity index (χ2n) is 9.93. The van der Waals surface area contributed by atoms with Crippen molar-refractivity contribution in [2.75, 3.05) is 31.7 Å². The smallest absolute Gasteiger partial charge is 0.252 e. The second kappa shape index (κ2) is 9.26. The zero-order valence-corrected chi connectivity index (χ0v) is 19.9. The lowest BCUT2D eigenvalue weighted by Crippen LogP contribution is -2.51. The number of hydrogen-bond donors (Lipinski definition) is 2. The molecule has 1 aliphatic carbocycles. The average Bonchev–Trinajstić information content (AvgIpc) is 3.60. The van der Waals surface area contributed by atoms with Crippen LogP contribution in [0.25, 0.3) is 0 Å². The lowest BCUT2D eigenvalue weighted by Gasteiger charge is -2.35. The Labute approximate surface area is 196 Å². The van der Waals surface area contributed by atoms with Crippen LogP contribution in [0.1, 0.15) is 60.1 Å². The minimum Gasteiger partial charge on any atom is -0.497 e. The summed E-state index contributed by atoms with van der Waals surface area (Å²) in [6.07, 6.45) is 4.98. The van der Waals surface area contributed by atoms with Gasteiger partial charge in [-0.25, -0.2) is 0 Å². The summed E-state index contributed by atoms with van der Waals surface area (Å²) in [6, 6.07) is 13.1. The summed E-state index contributed by atoms with van der Waals surface area (Å²) in [5, 5.41) is 6.86. The highest BCUT2D eigenvalue weighted by molar-refractivity contribution is 5.96. The number of hydrogen-bond acceptors (Lipinski definition) is 5. The summed E-state index contributed by atoms with van der Waals surface area (Å²) in [6.45, 7) is 6.76. The molecular formula is C27H35N3O3. The standard InChI is InChI=1S/C27H35N3O3/c1-17-4-9-23(30-14-21-7-8-22(15-30)29-21)12-26(17)27(31)28-18(2)20-10-24(32-3)13-25(11-20)33-16-19-5-6-19/h4,9-13,18-19,21-22,29H,5-8,14-16H2,1-3H3,(H,28,31)/t18-,21-,22+/m1/s1. The number of amides is 1. The molecule has 1 saturated carbocycles. The third kappa shape index (κ3) is 5.11. The Hall–Kier alpha value is -2.73. The van der Waals surface area contributed by atoms with Gasteiger partial charge in [-0.15, -0.1) is 0 Å². The van der Waals surface area contributed by atoms with Crippen LogP contribution < -0.4 is 25.0 Å². The molecule has 1 amide bonds. The third-order valence-electron chi connectivity index (χ3n) is 7.22. The molecule has 5 rings (SSSR count). The Morgan fingerprint density at radius 3 is 2.52 bits per heavy atom. The first kappa shape index (κ1) is 22.1. The number of anilines is 1. The van der Waals surface area contributed by atoms with Gasteiger partial charge in [-0.2, -0.15) is 0 Å². The maximum Gasteiger partial charge on any atom is 0.252 e. The third-order valence-corrected chi connectivity index (χ3v) is 7.22. The molecule has 0 unspecified atom stereocenters. The quantitative estimate of drug-likeness (QED) is 0.632. The van der Waals surface area contributed by atoms with E-state index in [1.54, 1.807) is 7.11 Å². The van der Waals surface area contributed by atoms with Crippen molar-refractivity contribution in [3.8, 4) is 11.5 Å². The van der Waals surface area contributed by atoms with Crippen molar-refractivity contribution in [3.63, 3.8) is 0 Å². The number of piperazine rings is 1. The zero-order valence-electron chi connectivity index (χ0n) is 19.9. The van der Waals surface area contributed by atoms with E-state index >= 15 is 0 Å². The van der Waals surface area contributed by atoms with Crippen LogP contribution in [-0.2, 0) is 0 Å². The molecule has 2 aliphatic heterocycles. The number of aryl methyl sites for hydroxylation is 1. The van der Waals surface area contributed by atoms with Gasteiger partial charge >= 0.3 is 0 Å². The fourth-order valence-corrected chi connectivity index (χ4v) is 4.96. The number of methoxy groups -OCH3 is 1. The Morgan fingerprint density at radius 1 is 1.09 bits per heavy atom. The molecule has 3 aliphatic rings. The molecule has 0 spiro atoms. The van der Waals surface area contributed by atoms with Crippen LogP contribution in [0.5, 0.6) is 11.5 Å². The summed E-state index contributed by atoms with van der Waals surface area (Å²) < 4.78 is 11.5. The second-order valence-corrected chi connectivity index (χ2v) is 9.93. The highest BCUT2D eigenvalue weighted by Crippen LogP contribution is 2.32. The zero-order chi connectivity index (χ0) is 22.9. The Kier molecular flexibility index (Phi) is 6.19. The highest BCUT2D eigenvalue weighted by Gasteiger charge is 2.32. The number of rotatable bonds is 8. The Balaban J connectivity index is 1.30. The summed E-state index contributed by atoms with van der Waals surface area (Å²) in [7, 11) is 1.66. The molecule has 0 aromatic heterocycles. The molecule has 2 aromatic carbocycles. The van der Waals surface area contributed by atoms with Gasteiger partial charge < -0.3 is 25.0 Å². The molecule has 2 N–H and O–H groups in total. The molecule has 2 saturated heterocycles. The van der Waals surface area contributed by atoms with E-state index in [9.17, 15) is 4.79 Å². The molecule has 6 nitrogen and oxygen atoms in total. The number of fused-ring (bicyclic) bond motifs is 2. The number of carbonyl (C=O) groups excluding carboxylic acids is 1. The van der Waals surface area contributed by atoms with Gasteiger partial charge in [-0.05, 0) is 80.8 Å². The molecule has 176 valence electrons. The average molecular weight is 450 g/mol. The van der Waals surface area contributed by atoms with Crippen molar-refractivity contribution >= 4 is 11.6 Å². The molecule has 3 fully saturated rings. The molecule has 6 heteroatoms. The van der Waals surface area contributed by atoms with Crippen molar-refractivity contribution in [3.05, 3.63) is 53.1 Å². The number of nitrogens with zero attached hydrogens (tertiary/aromatic N) is 1. The van der Waals surface area contributed by atoms with Gasteiger partial charge in [0.15, 0.2) is 0 Å². The van der Waals surface area contributed by atoms with Crippen LogP contribution >= 0.6 is 0 Å². The van der Waals surface area contributed by atoms with E-state index < -0.39 is 0 Å². The lowest BCUT2D eigenvalue weighted by molar-refractivity contribution is 0.0939. The van der Waals surface area contributed by atoms with Crippen molar-refractivity contribution in [1.82, 2.24) is 10.6 Å². The molecule has 33 heavy (non-hydrogen) atoms. The molecule has 0 radical (unpaired) electrons. The summed E-state index contributed by atoms with van der Waals surface area (Å²) >= 11 is 0. The van der Waals surface area contributed by atoms with Crippen LogP contribution in [0.2, 0.25) is 0 Å². The predicted octanol–water partition coefficient (Wildman–Crippen LogP) is 4.22. The summed E-state index contributed by atoms with van der Waals surface area (Å²) in [4.78, 5) is 15.7. The topological polar surface area (TPSA) is 62.8 Å². The van der Waals surface area contributed by atoms with Gasteiger partial charge in [0.1, 0.15) is 11.5 Å². The van der Waals surface area contributed by atoms with E-state index in [-0.39, 0.29) is 11.9 Å². The fourth-order valence-electron chi connectivity index (χ4n) is 4.96. The van der Waals surface area contributed by atoms with E-state index in [1.165, 1.54) is 25.7 Å². The first-order valence-corrected chi connectivity index (χ1v) is 12.2. The van der Waals surface area contributed by atoms with Gasteiger partial charge in [0.25, 0.3) is 5.91 Å². The highest BCUT2D eigenvalue weighted by atomic mass is 16.5. The number of ether oxygens (including phenoxy) is 2. The van der Waals surface area contributed by atoms with E-state index in [0.717, 1.165) is 53.6 Å². The van der Waals surface area contributed by atoms with Crippen molar-refractivity contribution in [2.45, 2.75) is 57.7 Å². The van der Waals surface area contributed by atoms with E-state index in [2.05, 4.69) is 33.7 Å². The minimum absolute atomic E-state index is 0.0526. The van der Waals surface area contributed by atoms with Crippen molar-refractivity contribution in [1.29, 1.82) is 0 Å². The largest absolute Gasteiger partial charge is 0.497 e. The summed E-state index contributed by atoms with van der Waals surface area (Å²) in [5.41, 5.74) is 3.83. The molecule has 3 atom stereocenters. The fraction of sp³-hybridized carbons (Fsp3) is 0.519. The maximum atomic E-state index is 13.3. The van der Waals surface area contributed by atoms with Gasteiger partial charge in [-0.3, -0.25) is 4.79 Å². The number of benzene rings is 2. The first-order chi connectivity index (χ1) is 16.0. The van der Waals surface area contributed by atoms with Gasteiger partial charge in [0.05, 0.1) is 19.8 Å². The van der Waals surface area contributed by atoms with Crippen LogP contribution in [0, 0.1) is 12.8 Å². The van der Waals surface area contributed by atoms with E-state index in [4.69, 9.17) is 9.47 Å². The predicted molar refractivity (Wildman–Crippen MR) is 130 cm³/mol. The monoisotopic (exact) mass is 449 g/mol. The first-order valence-electron chi connectivity index (χ1n) is 12.2. The van der Waals surface area contributed by atoms with E-state index in [1.807, 2.05) is 32.0 Å². The minimum atomic E-state index is -0.172. The maximum absolute atomic E-state index is 13.3. The van der Waals surface area contributed by atoms with Crippen LogP contribution in [0.3, 0.4) is 0 Å². The SMILES string of the molecule is COc1cc(OCC2CC2)cc([C@@H](C)NC(=O)c2cc(N3C[C@H]4CC[C@@H](C3)N4)ccc2C)c1. The van der Waals surface area contributed by atoms with Gasteiger partial charge in [0, 0.05) is 42.5 Å². The van der Waals surface area contributed by atoms with Crippen molar-refractivity contribution in [2.24, 2.45) is 5.92 Å². The Bertz CT molecular complexity index is 1010. The molecule has 2 heterocycles.